The van der Waals surface area contributed by atoms with E-state index in [1.165, 1.54) is 119 Å². The summed E-state index contributed by atoms with van der Waals surface area (Å²) in [6, 6.07) is 4.42. The van der Waals surface area contributed by atoms with Crippen molar-refractivity contribution < 1.29 is 0 Å². The molecule has 3 N–H and O–H groups in total. The van der Waals surface area contributed by atoms with Gasteiger partial charge in [-0.05, 0) is 74.6 Å². The van der Waals surface area contributed by atoms with Crippen molar-refractivity contribution in [2.24, 2.45) is 0 Å². The summed E-state index contributed by atoms with van der Waals surface area (Å²) in [7, 11) is 0. The van der Waals surface area contributed by atoms with E-state index in [1.807, 2.05) is 0 Å². The predicted molar refractivity (Wildman–Crippen MR) is 134 cm³/mol. The Hall–Kier alpha value is -0.790. The summed E-state index contributed by atoms with van der Waals surface area (Å²) in [6.45, 7) is 6.74. The van der Waals surface area contributed by atoms with Gasteiger partial charge in [0.25, 0.3) is 0 Å². The van der Waals surface area contributed by atoms with E-state index in [1.54, 1.807) is 0 Å². The van der Waals surface area contributed by atoms with Crippen molar-refractivity contribution in [2.45, 2.75) is 123 Å². The molecular formula is C27H48ClN. The van der Waals surface area contributed by atoms with E-state index < -0.39 is 0 Å². The lowest BCUT2D eigenvalue weighted by Crippen LogP contribution is -1.98. The lowest BCUT2D eigenvalue weighted by atomic mass is 9.94. The fraction of sp³-hybridized carbons (Fsp3) is 0.704. The van der Waals surface area contributed by atoms with Gasteiger partial charge in [0.05, 0.1) is 0 Å². The molecule has 1 nitrogen and oxygen atoms in total. The van der Waals surface area contributed by atoms with Gasteiger partial charge in [-0.15, -0.1) is 11.6 Å². The molecule has 0 fully saturated rings. The molecule has 0 spiro atoms. The Morgan fingerprint density at radius 1 is 0.724 bits per heavy atom. The second-order valence-electron chi connectivity index (χ2n) is 8.47. The molecular weight excluding hydrogens is 374 g/mol. The van der Waals surface area contributed by atoms with Crippen LogP contribution < -0.4 is 6.15 Å². The third kappa shape index (κ3) is 13.2. The summed E-state index contributed by atoms with van der Waals surface area (Å²) >= 11 is 6.13. The van der Waals surface area contributed by atoms with Gasteiger partial charge in [0.15, 0.2) is 0 Å². The average Bonchev–Trinajstić information content (AvgIpc) is 2.70. The summed E-state index contributed by atoms with van der Waals surface area (Å²) in [5, 5.41) is 0. The molecule has 0 bridgehead atoms. The molecule has 1 rings (SSSR count). The van der Waals surface area contributed by atoms with E-state index in [-0.39, 0.29) is 6.15 Å². The third-order valence-corrected chi connectivity index (χ3v) is 6.34. The minimum absolute atomic E-state index is 0. The molecule has 0 radical (unpaired) electrons. The van der Waals surface area contributed by atoms with E-state index in [0.29, 0.717) is 5.88 Å². The number of aryl methyl sites for hydroxylation is 1. The molecule has 168 valence electrons. The summed E-state index contributed by atoms with van der Waals surface area (Å²) in [4.78, 5) is 0. The van der Waals surface area contributed by atoms with Crippen molar-refractivity contribution in [1.29, 1.82) is 0 Å². The van der Waals surface area contributed by atoms with Crippen molar-refractivity contribution >= 4 is 11.6 Å². The van der Waals surface area contributed by atoms with E-state index >= 15 is 0 Å². The van der Waals surface area contributed by atoms with E-state index in [9.17, 15) is 0 Å². The second-order valence-corrected chi connectivity index (χ2v) is 8.73. The molecule has 0 aliphatic rings. The highest BCUT2D eigenvalue weighted by Gasteiger charge is 2.07. The molecule has 0 aliphatic carbocycles. The van der Waals surface area contributed by atoms with Gasteiger partial charge in [-0.1, -0.05) is 89.0 Å². The van der Waals surface area contributed by atoms with Crippen LogP contribution in [-0.4, -0.2) is 0 Å². The molecule has 1 aromatic rings. The molecule has 29 heavy (non-hydrogen) atoms. The second kappa shape index (κ2) is 19.2. The fourth-order valence-corrected chi connectivity index (χ4v) is 4.20. The molecule has 0 atom stereocenters. The summed E-state index contributed by atoms with van der Waals surface area (Å²) < 4.78 is 0. The summed E-state index contributed by atoms with van der Waals surface area (Å²) in [6.07, 6.45) is 25.2. The predicted octanol–water partition coefficient (Wildman–Crippen LogP) is 9.78. The van der Waals surface area contributed by atoms with Gasteiger partial charge in [0.1, 0.15) is 0 Å². The Bertz CT molecular complexity index is 536. The number of allylic oxidation sites excluding steroid dienone is 2. The zero-order chi connectivity index (χ0) is 20.5. The van der Waals surface area contributed by atoms with E-state index in [4.69, 9.17) is 11.6 Å². The van der Waals surface area contributed by atoms with Crippen molar-refractivity contribution in [3.63, 3.8) is 0 Å². The Balaban J connectivity index is 0.00000784. The number of hydrogen-bond acceptors (Lipinski definition) is 1. The minimum Gasteiger partial charge on any atom is -0.344 e. The van der Waals surface area contributed by atoms with Gasteiger partial charge in [-0.2, -0.15) is 0 Å². The SMILES string of the molecule is CCCCCCCC/C=C\CCCCCCCCc1c(CCl)ccc(C)c1C.N. The standard InChI is InChI=1S/C27H45Cl.H3N/c1-4-5-6-7-8-9-10-11-12-13-14-15-16-17-18-19-20-27-25(3)24(2)21-22-26(27)23-28;/h11-12,21-22H,4-10,13-20,23H2,1-3H3;1H3/b12-11-;. The first-order chi connectivity index (χ1) is 13.7. The Kier molecular flexibility index (Phi) is 18.7. The fourth-order valence-electron chi connectivity index (χ4n) is 3.95. The first-order valence-electron chi connectivity index (χ1n) is 12.0. The van der Waals surface area contributed by atoms with Crippen molar-refractivity contribution in [3.8, 4) is 0 Å². The molecule has 0 unspecified atom stereocenters. The first kappa shape index (κ1) is 28.2. The van der Waals surface area contributed by atoms with Gasteiger partial charge in [-0.3, -0.25) is 0 Å². The Labute approximate surface area is 187 Å². The monoisotopic (exact) mass is 421 g/mol. The van der Waals surface area contributed by atoms with Crippen molar-refractivity contribution in [3.05, 3.63) is 46.5 Å². The third-order valence-electron chi connectivity index (χ3n) is 6.05. The molecule has 0 amide bonds. The zero-order valence-electron chi connectivity index (χ0n) is 19.7. The Morgan fingerprint density at radius 3 is 1.79 bits per heavy atom. The number of hydrogen-bond donors (Lipinski definition) is 1. The maximum absolute atomic E-state index is 6.13. The number of unbranched alkanes of at least 4 members (excludes halogenated alkanes) is 12. The first-order valence-corrected chi connectivity index (χ1v) is 12.5. The summed E-state index contributed by atoms with van der Waals surface area (Å²) in [5.41, 5.74) is 5.68. The van der Waals surface area contributed by atoms with Crippen LogP contribution in [0.15, 0.2) is 24.3 Å². The summed E-state index contributed by atoms with van der Waals surface area (Å²) in [5.74, 6) is 0.642. The van der Waals surface area contributed by atoms with Crippen LogP contribution in [0.3, 0.4) is 0 Å². The highest BCUT2D eigenvalue weighted by molar-refractivity contribution is 6.17. The number of alkyl halides is 1. The lowest BCUT2D eigenvalue weighted by molar-refractivity contribution is 0.594. The van der Waals surface area contributed by atoms with Crippen LogP contribution in [0.5, 0.6) is 0 Å². The van der Waals surface area contributed by atoms with E-state index in [2.05, 4.69) is 45.1 Å². The quantitative estimate of drug-likeness (QED) is 0.151. The van der Waals surface area contributed by atoms with Gasteiger partial charge in [0.2, 0.25) is 0 Å². The maximum Gasteiger partial charge on any atom is 0.0476 e. The molecule has 2 heteroatoms. The van der Waals surface area contributed by atoms with Crippen LogP contribution >= 0.6 is 11.6 Å². The van der Waals surface area contributed by atoms with Crippen LogP contribution in [-0.2, 0) is 12.3 Å². The maximum atomic E-state index is 6.13. The molecule has 0 saturated carbocycles. The molecule has 0 heterocycles. The Morgan fingerprint density at radius 2 is 1.24 bits per heavy atom. The lowest BCUT2D eigenvalue weighted by Gasteiger charge is -2.13. The van der Waals surface area contributed by atoms with Crippen LogP contribution in [0.1, 0.15) is 119 Å². The van der Waals surface area contributed by atoms with Gasteiger partial charge in [-0.25, -0.2) is 0 Å². The molecule has 0 saturated heterocycles. The highest BCUT2D eigenvalue weighted by Crippen LogP contribution is 2.22. The van der Waals surface area contributed by atoms with Crippen LogP contribution in [0.4, 0.5) is 0 Å². The van der Waals surface area contributed by atoms with Crippen LogP contribution in [0.25, 0.3) is 0 Å². The topological polar surface area (TPSA) is 35.0 Å². The molecule has 1 aromatic carbocycles. The van der Waals surface area contributed by atoms with Gasteiger partial charge in [0, 0.05) is 5.88 Å². The van der Waals surface area contributed by atoms with Crippen molar-refractivity contribution in [2.75, 3.05) is 0 Å². The molecule has 0 aliphatic heterocycles. The number of halogens is 1. The minimum atomic E-state index is 0. The smallest absolute Gasteiger partial charge is 0.0476 e. The van der Waals surface area contributed by atoms with Gasteiger partial charge >= 0.3 is 0 Å². The van der Waals surface area contributed by atoms with Gasteiger partial charge < -0.3 is 6.15 Å². The van der Waals surface area contributed by atoms with Crippen LogP contribution in [0.2, 0.25) is 0 Å². The number of benzene rings is 1. The van der Waals surface area contributed by atoms with Crippen molar-refractivity contribution in [1.82, 2.24) is 6.15 Å². The largest absolute Gasteiger partial charge is 0.344 e. The normalized spacial score (nSPS) is 11.2. The van der Waals surface area contributed by atoms with Crippen LogP contribution in [0, 0.1) is 13.8 Å². The number of rotatable bonds is 17. The van der Waals surface area contributed by atoms with E-state index in [0.717, 1.165) is 0 Å². The molecule has 0 aromatic heterocycles. The highest BCUT2D eigenvalue weighted by atomic mass is 35.5. The average molecular weight is 422 g/mol. The zero-order valence-corrected chi connectivity index (χ0v) is 20.5.